The van der Waals surface area contributed by atoms with Crippen LogP contribution in [0.4, 0.5) is 5.69 Å². The molecular weight excluding hydrogens is 416 g/mol. The lowest BCUT2D eigenvalue weighted by molar-refractivity contribution is -0.111. The van der Waals surface area contributed by atoms with E-state index in [0.29, 0.717) is 0 Å². The van der Waals surface area contributed by atoms with Gasteiger partial charge >= 0.3 is 0 Å². The van der Waals surface area contributed by atoms with Crippen molar-refractivity contribution in [1.82, 2.24) is 14.8 Å². The SMILES string of the molecule is Cc1ccc(CSc2nnc(-c3ccc(NC(=O)C=Cc4ccccc4)cc3)n2C)cc1. The summed E-state index contributed by atoms with van der Waals surface area (Å²) in [7, 11) is 1.97. The van der Waals surface area contributed by atoms with E-state index in [1.807, 2.05) is 66.2 Å². The highest BCUT2D eigenvalue weighted by molar-refractivity contribution is 7.98. The zero-order valence-electron chi connectivity index (χ0n) is 18.0. The molecule has 0 aliphatic carbocycles. The number of aromatic nitrogens is 3. The van der Waals surface area contributed by atoms with E-state index in [2.05, 4.69) is 46.7 Å². The molecule has 1 N–H and O–H groups in total. The number of nitrogens with zero attached hydrogens (tertiary/aromatic N) is 3. The fourth-order valence-corrected chi connectivity index (χ4v) is 4.01. The van der Waals surface area contributed by atoms with Gasteiger partial charge in [-0.15, -0.1) is 10.2 Å². The van der Waals surface area contributed by atoms with Crippen molar-refractivity contribution in [3.8, 4) is 11.4 Å². The first-order chi connectivity index (χ1) is 15.6. The van der Waals surface area contributed by atoms with Crippen LogP contribution in [0.25, 0.3) is 17.5 Å². The molecule has 4 rings (SSSR count). The van der Waals surface area contributed by atoms with Crippen LogP contribution in [0.2, 0.25) is 0 Å². The van der Waals surface area contributed by atoms with Gasteiger partial charge in [-0.2, -0.15) is 0 Å². The second-order valence-electron chi connectivity index (χ2n) is 7.45. The molecule has 0 atom stereocenters. The number of thioether (sulfide) groups is 1. The molecule has 1 aromatic heterocycles. The summed E-state index contributed by atoms with van der Waals surface area (Å²) in [6, 6.07) is 25.9. The zero-order chi connectivity index (χ0) is 22.3. The van der Waals surface area contributed by atoms with Crippen LogP contribution in [0, 0.1) is 6.92 Å². The van der Waals surface area contributed by atoms with Gasteiger partial charge in [0.25, 0.3) is 0 Å². The van der Waals surface area contributed by atoms with E-state index in [9.17, 15) is 4.79 Å². The number of rotatable bonds is 7. The van der Waals surface area contributed by atoms with Crippen molar-refractivity contribution < 1.29 is 4.79 Å². The van der Waals surface area contributed by atoms with Crippen molar-refractivity contribution in [2.24, 2.45) is 7.05 Å². The molecule has 5 nitrogen and oxygen atoms in total. The van der Waals surface area contributed by atoms with Gasteiger partial charge in [-0.3, -0.25) is 4.79 Å². The minimum absolute atomic E-state index is 0.171. The molecule has 0 spiro atoms. The fraction of sp³-hybridized carbons (Fsp3) is 0.115. The number of anilines is 1. The van der Waals surface area contributed by atoms with Crippen LogP contribution in [0.15, 0.2) is 90.1 Å². The minimum Gasteiger partial charge on any atom is -0.323 e. The number of carbonyl (C=O) groups is 1. The first kappa shape index (κ1) is 21.6. The number of hydrogen-bond acceptors (Lipinski definition) is 4. The van der Waals surface area contributed by atoms with Crippen LogP contribution in [0.3, 0.4) is 0 Å². The molecule has 0 aliphatic heterocycles. The molecule has 1 heterocycles. The van der Waals surface area contributed by atoms with E-state index >= 15 is 0 Å². The molecule has 0 unspecified atom stereocenters. The number of amides is 1. The van der Waals surface area contributed by atoms with Crippen molar-refractivity contribution in [1.29, 1.82) is 0 Å². The molecule has 0 bridgehead atoms. The molecule has 1 amide bonds. The van der Waals surface area contributed by atoms with Gasteiger partial charge in [0.15, 0.2) is 11.0 Å². The Balaban J connectivity index is 1.38. The van der Waals surface area contributed by atoms with Gasteiger partial charge in [0.1, 0.15) is 0 Å². The largest absolute Gasteiger partial charge is 0.323 e. The molecule has 4 aromatic rings. The average Bonchev–Trinajstić information content (AvgIpc) is 3.19. The Morgan fingerprint density at radius 2 is 1.69 bits per heavy atom. The summed E-state index contributed by atoms with van der Waals surface area (Å²) in [5, 5.41) is 12.5. The van der Waals surface area contributed by atoms with Gasteiger partial charge in [-0.25, -0.2) is 0 Å². The molecular formula is C26H24N4OS. The second kappa shape index (κ2) is 10.1. The van der Waals surface area contributed by atoms with Crippen molar-refractivity contribution in [3.63, 3.8) is 0 Å². The summed E-state index contributed by atoms with van der Waals surface area (Å²) >= 11 is 1.66. The molecule has 160 valence electrons. The number of nitrogens with one attached hydrogen (secondary N) is 1. The third kappa shape index (κ3) is 5.53. The smallest absolute Gasteiger partial charge is 0.248 e. The maximum absolute atomic E-state index is 12.2. The summed E-state index contributed by atoms with van der Waals surface area (Å²) in [4.78, 5) is 12.2. The van der Waals surface area contributed by atoms with Crippen molar-refractivity contribution in [2.75, 3.05) is 5.32 Å². The third-order valence-corrected chi connectivity index (χ3v) is 6.05. The predicted octanol–water partition coefficient (Wildman–Crippen LogP) is 5.73. The van der Waals surface area contributed by atoms with Crippen LogP contribution in [0.1, 0.15) is 16.7 Å². The van der Waals surface area contributed by atoms with E-state index in [4.69, 9.17) is 0 Å². The molecule has 0 aliphatic rings. The third-order valence-electron chi connectivity index (χ3n) is 4.96. The Hall–Kier alpha value is -3.64. The average molecular weight is 441 g/mol. The van der Waals surface area contributed by atoms with E-state index in [0.717, 1.165) is 33.5 Å². The Morgan fingerprint density at radius 3 is 2.41 bits per heavy atom. The number of hydrogen-bond donors (Lipinski definition) is 1. The normalized spacial score (nSPS) is 11.1. The standard InChI is InChI=1S/C26H24N4OS/c1-19-8-10-21(11-9-19)18-32-26-29-28-25(30(26)2)22-13-15-23(16-14-22)27-24(31)17-12-20-6-4-3-5-7-20/h3-17H,18H2,1-2H3,(H,27,31). The molecule has 3 aromatic carbocycles. The lowest BCUT2D eigenvalue weighted by Crippen LogP contribution is -2.07. The summed E-state index contributed by atoms with van der Waals surface area (Å²) in [6.45, 7) is 2.09. The summed E-state index contributed by atoms with van der Waals surface area (Å²) in [6.07, 6.45) is 3.32. The predicted molar refractivity (Wildman–Crippen MR) is 131 cm³/mol. The van der Waals surface area contributed by atoms with Gasteiger partial charge in [0, 0.05) is 30.1 Å². The molecule has 6 heteroatoms. The Labute approximate surface area is 192 Å². The zero-order valence-corrected chi connectivity index (χ0v) is 18.8. The Bertz CT molecular complexity index is 1210. The van der Waals surface area contributed by atoms with Crippen LogP contribution < -0.4 is 5.32 Å². The van der Waals surface area contributed by atoms with Gasteiger partial charge < -0.3 is 9.88 Å². The maximum Gasteiger partial charge on any atom is 0.248 e. The van der Waals surface area contributed by atoms with Crippen LogP contribution in [0.5, 0.6) is 0 Å². The highest BCUT2D eigenvalue weighted by Gasteiger charge is 2.11. The minimum atomic E-state index is -0.171. The van der Waals surface area contributed by atoms with Crippen molar-refractivity contribution >= 4 is 29.4 Å². The van der Waals surface area contributed by atoms with Crippen molar-refractivity contribution in [2.45, 2.75) is 17.8 Å². The van der Waals surface area contributed by atoms with Crippen LogP contribution in [-0.2, 0) is 17.6 Å². The van der Waals surface area contributed by atoms with E-state index < -0.39 is 0 Å². The monoisotopic (exact) mass is 440 g/mol. The van der Waals surface area contributed by atoms with E-state index in [1.165, 1.54) is 17.2 Å². The summed E-state index contributed by atoms with van der Waals surface area (Å²) in [5.74, 6) is 1.46. The van der Waals surface area contributed by atoms with E-state index in [-0.39, 0.29) is 5.91 Å². The first-order valence-corrected chi connectivity index (χ1v) is 11.3. The fourth-order valence-electron chi connectivity index (χ4n) is 3.15. The van der Waals surface area contributed by atoms with Crippen LogP contribution in [-0.4, -0.2) is 20.7 Å². The number of aryl methyl sites for hydroxylation is 1. The summed E-state index contributed by atoms with van der Waals surface area (Å²) in [5.41, 5.74) is 5.17. The van der Waals surface area contributed by atoms with Crippen molar-refractivity contribution in [3.05, 3.63) is 102 Å². The lowest BCUT2D eigenvalue weighted by atomic mass is 10.2. The highest BCUT2D eigenvalue weighted by atomic mass is 32.2. The Morgan fingerprint density at radius 1 is 0.969 bits per heavy atom. The van der Waals surface area contributed by atoms with E-state index in [1.54, 1.807) is 17.8 Å². The highest BCUT2D eigenvalue weighted by Crippen LogP contribution is 2.26. The van der Waals surface area contributed by atoms with Gasteiger partial charge in [-0.05, 0) is 48.4 Å². The molecule has 0 fully saturated rings. The van der Waals surface area contributed by atoms with Crippen LogP contribution >= 0.6 is 11.8 Å². The first-order valence-electron chi connectivity index (χ1n) is 10.3. The summed E-state index contributed by atoms with van der Waals surface area (Å²) < 4.78 is 2.00. The number of carbonyl (C=O) groups excluding carboxylic acids is 1. The number of benzene rings is 3. The van der Waals surface area contributed by atoms with Gasteiger partial charge in [0.05, 0.1) is 0 Å². The lowest BCUT2D eigenvalue weighted by Gasteiger charge is -2.06. The van der Waals surface area contributed by atoms with Gasteiger partial charge in [0.2, 0.25) is 5.91 Å². The van der Waals surface area contributed by atoms with Gasteiger partial charge in [-0.1, -0.05) is 71.9 Å². The molecule has 32 heavy (non-hydrogen) atoms. The topological polar surface area (TPSA) is 59.8 Å². The quantitative estimate of drug-likeness (QED) is 0.294. The molecule has 0 saturated heterocycles. The molecule has 0 saturated carbocycles. The second-order valence-corrected chi connectivity index (χ2v) is 8.39. The molecule has 0 radical (unpaired) electrons. The maximum atomic E-state index is 12.2. The Kier molecular flexibility index (Phi) is 6.82.